The first-order valence-electron chi connectivity index (χ1n) is 8.36. The first-order valence-corrected chi connectivity index (χ1v) is 9.17. The smallest absolute Gasteiger partial charge is 0.227 e. The van der Waals surface area contributed by atoms with Crippen molar-refractivity contribution in [3.8, 4) is 0 Å². The first-order chi connectivity index (χ1) is 12.8. The first kappa shape index (κ1) is 15.2. The minimum atomic E-state index is -0.0145. The highest BCUT2D eigenvalue weighted by molar-refractivity contribution is 8.14. The van der Waals surface area contributed by atoms with Crippen molar-refractivity contribution in [2.45, 2.75) is 5.16 Å². The molecule has 3 nitrogen and oxygen atoms in total. The van der Waals surface area contributed by atoms with Gasteiger partial charge in [0.2, 0.25) is 5.12 Å². The molecule has 0 aliphatic carbocycles. The molecule has 0 bridgehead atoms. The molecule has 0 atom stereocenters. The Bertz CT molecular complexity index is 1240. The standard InChI is InChI=1S/C22H14N2OS/c25-21(18-10-9-14-5-1-2-6-15(14)11-18)26-22-23-19-12-16-7-3-4-8-17(16)13-20(19)24-22/h1-13H,(H,23,24). The fourth-order valence-corrected chi connectivity index (χ4v) is 3.91. The molecule has 5 aromatic rings. The SMILES string of the molecule is O=C(Sc1nc2cc3ccccc3cc2[nH]1)c1ccc2ccccc2c1. The Morgan fingerprint density at radius 3 is 2.19 bits per heavy atom. The van der Waals surface area contributed by atoms with E-state index in [2.05, 4.69) is 28.2 Å². The van der Waals surface area contributed by atoms with Gasteiger partial charge >= 0.3 is 0 Å². The van der Waals surface area contributed by atoms with Gasteiger partial charge in [0, 0.05) is 5.56 Å². The molecule has 0 saturated carbocycles. The molecule has 0 radical (unpaired) electrons. The second kappa shape index (κ2) is 6.00. The van der Waals surface area contributed by atoms with Crippen LogP contribution in [-0.2, 0) is 0 Å². The second-order valence-electron chi connectivity index (χ2n) is 6.21. The highest BCUT2D eigenvalue weighted by atomic mass is 32.2. The number of carbonyl (C=O) groups excluding carboxylic acids is 1. The third kappa shape index (κ3) is 2.65. The fraction of sp³-hybridized carbons (Fsp3) is 0. The van der Waals surface area contributed by atoms with Gasteiger partial charge in [0.1, 0.15) is 0 Å². The number of hydrogen-bond donors (Lipinski definition) is 1. The number of imidazole rings is 1. The third-order valence-electron chi connectivity index (χ3n) is 4.50. The summed E-state index contributed by atoms with van der Waals surface area (Å²) < 4.78 is 0. The Kier molecular flexibility index (Phi) is 3.50. The van der Waals surface area contributed by atoms with E-state index in [0.29, 0.717) is 10.7 Å². The number of aromatic nitrogens is 2. The lowest BCUT2D eigenvalue weighted by Crippen LogP contribution is -1.93. The Hall–Kier alpha value is -3.11. The topological polar surface area (TPSA) is 45.8 Å². The molecule has 1 heterocycles. The number of nitrogens with zero attached hydrogens (tertiary/aromatic N) is 1. The van der Waals surface area contributed by atoms with Crippen LogP contribution in [0, 0.1) is 0 Å². The summed E-state index contributed by atoms with van der Waals surface area (Å²) in [6.45, 7) is 0. The largest absolute Gasteiger partial charge is 0.333 e. The molecule has 1 N–H and O–H groups in total. The average molecular weight is 354 g/mol. The number of fused-ring (bicyclic) bond motifs is 3. The molecule has 0 spiro atoms. The van der Waals surface area contributed by atoms with Gasteiger partial charge in [-0.15, -0.1) is 0 Å². The molecular formula is C22H14N2OS. The lowest BCUT2D eigenvalue weighted by Gasteiger charge is -2.01. The Balaban J connectivity index is 1.49. The Labute approximate surface area is 154 Å². The van der Waals surface area contributed by atoms with Crippen molar-refractivity contribution in [3.63, 3.8) is 0 Å². The highest BCUT2D eigenvalue weighted by Crippen LogP contribution is 2.27. The maximum Gasteiger partial charge on any atom is 0.227 e. The lowest BCUT2D eigenvalue weighted by atomic mass is 10.1. The van der Waals surface area contributed by atoms with Crippen LogP contribution in [0.1, 0.15) is 10.4 Å². The molecular weight excluding hydrogens is 340 g/mol. The minimum Gasteiger partial charge on any atom is -0.333 e. The fourth-order valence-electron chi connectivity index (χ4n) is 3.18. The molecule has 5 rings (SSSR count). The van der Waals surface area contributed by atoms with Crippen LogP contribution >= 0.6 is 11.8 Å². The van der Waals surface area contributed by atoms with E-state index < -0.39 is 0 Å². The van der Waals surface area contributed by atoms with Crippen LogP contribution in [0.3, 0.4) is 0 Å². The van der Waals surface area contributed by atoms with Crippen LogP contribution in [0.4, 0.5) is 0 Å². The lowest BCUT2D eigenvalue weighted by molar-refractivity contribution is 0.108. The summed E-state index contributed by atoms with van der Waals surface area (Å²) in [7, 11) is 0. The number of aromatic amines is 1. The highest BCUT2D eigenvalue weighted by Gasteiger charge is 2.12. The van der Waals surface area contributed by atoms with E-state index in [0.717, 1.165) is 44.3 Å². The van der Waals surface area contributed by atoms with Crippen LogP contribution < -0.4 is 0 Å². The molecule has 124 valence electrons. The third-order valence-corrected chi connectivity index (χ3v) is 5.31. The quantitative estimate of drug-likeness (QED) is 0.407. The van der Waals surface area contributed by atoms with Gasteiger partial charge in [-0.05, 0) is 57.6 Å². The Morgan fingerprint density at radius 2 is 1.42 bits per heavy atom. The zero-order valence-electron chi connectivity index (χ0n) is 13.8. The van der Waals surface area contributed by atoms with Crippen LogP contribution in [-0.4, -0.2) is 15.1 Å². The second-order valence-corrected chi connectivity index (χ2v) is 7.17. The number of H-pyrrole nitrogens is 1. The predicted octanol–water partition coefficient (Wildman–Crippen LogP) is 5.80. The van der Waals surface area contributed by atoms with Gasteiger partial charge in [-0.25, -0.2) is 4.98 Å². The summed E-state index contributed by atoms with van der Waals surface area (Å²) in [6.07, 6.45) is 0. The molecule has 0 unspecified atom stereocenters. The van der Waals surface area contributed by atoms with E-state index >= 15 is 0 Å². The number of benzene rings is 4. The van der Waals surface area contributed by atoms with E-state index in [1.54, 1.807) is 0 Å². The van der Waals surface area contributed by atoms with Gasteiger partial charge in [-0.2, -0.15) is 0 Å². The number of rotatable bonds is 2. The summed E-state index contributed by atoms with van der Waals surface area (Å²) in [6, 6.07) is 26.1. The Morgan fingerprint density at radius 1 is 0.769 bits per heavy atom. The number of carbonyl (C=O) groups is 1. The van der Waals surface area contributed by atoms with Crippen molar-refractivity contribution < 1.29 is 4.79 Å². The molecule has 0 saturated heterocycles. The van der Waals surface area contributed by atoms with Crippen molar-refractivity contribution >= 4 is 49.5 Å². The van der Waals surface area contributed by atoms with E-state index in [1.807, 2.05) is 60.7 Å². The van der Waals surface area contributed by atoms with Gasteiger partial charge in [-0.3, -0.25) is 4.79 Å². The van der Waals surface area contributed by atoms with Gasteiger partial charge in [0.25, 0.3) is 0 Å². The van der Waals surface area contributed by atoms with Crippen LogP contribution in [0.15, 0.2) is 84.0 Å². The van der Waals surface area contributed by atoms with Crippen molar-refractivity contribution in [2.75, 3.05) is 0 Å². The summed E-state index contributed by atoms with van der Waals surface area (Å²) in [4.78, 5) is 20.5. The monoisotopic (exact) mass is 354 g/mol. The normalized spacial score (nSPS) is 11.4. The maximum absolute atomic E-state index is 12.7. The summed E-state index contributed by atoms with van der Waals surface area (Å²) in [5.41, 5.74) is 2.49. The van der Waals surface area contributed by atoms with E-state index in [9.17, 15) is 4.79 Å². The molecule has 0 fully saturated rings. The molecule has 0 aliphatic heterocycles. The van der Waals surface area contributed by atoms with E-state index in [4.69, 9.17) is 0 Å². The predicted molar refractivity (Wildman–Crippen MR) is 108 cm³/mol. The summed E-state index contributed by atoms with van der Waals surface area (Å²) in [5.74, 6) is 0. The van der Waals surface area contributed by atoms with Gasteiger partial charge in [0.15, 0.2) is 5.16 Å². The minimum absolute atomic E-state index is 0.0145. The maximum atomic E-state index is 12.7. The summed E-state index contributed by atoms with van der Waals surface area (Å²) >= 11 is 1.13. The average Bonchev–Trinajstić information content (AvgIpc) is 3.06. The van der Waals surface area contributed by atoms with Crippen LogP contribution in [0.5, 0.6) is 0 Å². The number of thioether (sulfide) groups is 1. The molecule has 4 heteroatoms. The van der Waals surface area contributed by atoms with Gasteiger partial charge in [0.05, 0.1) is 11.0 Å². The van der Waals surface area contributed by atoms with Crippen LogP contribution in [0.2, 0.25) is 0 Å². The van der Waals surface area contributed by atoms with Crippen LogP contribution in [0.25, 0.3) is 32.6 Å². The zero-order valence-corrected chi connectivity index (χ0v) is 14.6. The van der Waals surface area contributed by atoms with Crippen molar-refractivity contribution in [3.05, 3.63) is 84.4 Å². The summed E-state index contributed by atoms with van der Waals surface area (Å²) in [5, 5.41) is 5.09. The number of nitrogens with one attached hydrogen (secondary N) is 1. The van der Waals surface area contributed by atoms with Gasteiger partial charge in [-0.1, -0.05) is 54.6 Å². The molecule has 1 aromatic heterocycles. The van der Waals surface area contributed by atoms with Crippen molar-refractivity contribution in [2.24, 2.45) is 0 Å². The number of hydrogen-bond acceptors (Lipinski definition) is 3. The van der Waals surface area contributed by atoms with Crippen molar-refractivity contribution in [1.29, 1.82) is 0 Å². The van der Waals surface area contributed by atoms with E-state index in [-0.39, 0.29) is 5.12 Å². The molecule has 26 heavy (non-hydrogen) atoms. The van der Waals surface area contributed by atoms with Crippen molar-refractivity contribution in [1.82, 2.24) is 9.97 Å². The van der Waals surface area contributed by atoms with Gasteiger partial charge < -0.3 is 4.98 Å². The molecule has 0 amide bonds. The zero-order chi connectivity index (χ0) is 17.5. The molecule has 4 aromatic carbocycles. The van der Waals surface area contributed by atoms with E-state index in [1.165, 1.54) is 0 Å². The molecule has 0 aliphatic rings.